The second-order valence-corrected chi connectivity index (χ2v) is 4.40. The van der Waals surface area contributed by atoms with Crippen molar-refractivity contribution in [2.24, 2.45) is 0 Å². The summed E-state index contributed by atoms with van der Waals surface area (Å²) >= 11 is 11.6. The van der Waals surface area contributed by atoms with Gasteiger partial charge in [0.2, 0.25) is 0 Å². The van der Waals surface area contributed by atoms with E-state index in [1.807, 2.05) is 0 Å². The van der Waals surface area contributed by atoms with Gasteiger partial charge in [0.15, 0.2) is 0 Å². The molecule has 0 saturated carbocycles. The molecule has 0 fully saturated rings. The van der Waals surface area contributed by atoms with Crippen molar-refractivity contribution in [1.82, 2.24) is 10.6 Å². The quantitative estimate of drug-likeness (QED) is 0.821. The Balaban J connectivity index is 2.33. The van der Waals surface area contributed by atoms with Gasteiger partial charge in [-0.05, 0) is 24.6 Å². The SMILES string of the molecule is CCOC(=O)CNC(=O)NCc1ccc(Cl)c(Cl)c1. The Morgan fingerprint density at radius 2 is 1.95 bits per heavy atom. The highest BCUT2D eigenvalue weighted by Crippen LogP contribution is 2.22. The number of nitrogens with one attached hydrogen (secondary N) is 2. The summed E-state index contributed by atoms with van der Waals surface area (Å²) in [6.45, 7) is 2.10. The fraction of sp³-hybridized carbons (Fsp3) is 0.333. The van der Waals surface area contributed by atoms with Crippen LogP contribution in [0.2, 0.25) is 10.0 Å². The Hall–Kier alpha value is -1.46. The summed E-state index contributed by atoms with van der Waals surface area (Å²) in [5.41, 5.74) is 0.806. The van der Waals surface area contributed by atoms with Crippen molar-refractivity contribution in [1.29, 1.82) is 0 Å². The Kier molecular flexibility index (Phi) is 6.45. The van der Waals surface area contributed by atoms with E-state index >= 15 is 0 Å². The molecule has 0 aromatic heterocycles. The molecule has 2 N–H and O–H groups in total. The molecule has 104 valence electrons. The molecule has 1 aromatic rings. The Bertz CT molecular complexity index is 466. The first kappa shape index (κ1) is 15.6. The molecular formula is C12H14Cl2N2O3. The highest BCUT2D eigenvalue weighted by atomic mass is 35.5. The third-order valence-corrected chi connectivity index (χ3v) is 2.87. The van der Waals surface area contributed by atoms with Crippen molar-refractivity contribution in [3.8, 4) is 0 Å². The first-order chi connectivity index (χ1) is 9.02. The van der Waals surface area contributed by atoms with Crippen molar-refractivity contribution in [3.63, 3.8) is 0 Å². The maximum Gasteiger partial charge on any atom is 0.325 e. The number of benzene rings is 1. The highest BCUT2D eigenvalue weighted by molar-refractivity contribution is 6.42. The molecular weight excluding hydrogens is 291 g/mol. The molecule has 0 aliphatic carbocycles. The van der Waals surface area contributed by atoms with Crippen molar-refractivity contribution in [3.05, 3.63) is 33.8 Å². The largest absolute Gasteiger partial charge is 0.465 e. The number of ether oxygens (including phenoxy) is 1. The lowest BCUT2D eigenvalue weighted by Crippen LogP contribution is -2.38. The summed E-state index contributed by atoms with van der Waals surface area (Å²) in [5.74, 6) is -0.479. The van der Waals surface area contributed by atoms with E-state index in [-0.39, 0.29) is 19.7 Å². The molecule has 0 bridgehead atoms. The van der Waals surface area contributed by atoms with E-state index in [2.05, 4.69) is 15.4 Å². The van der Waals surface area contributed by atoms with Crippen molar-refractivity contribution in [2.45, 2.75) is 13.5 Å². The molecule has 1 aromatic carbocycles. The zero-order valence-electron chi connectivity index (χ0n) is 10.3. The van der Waals surface area contributed by atoms with Crippen LogP contribution in [0.3, 0.4) is 0 Å². The lowest BCUT2D eigenvalue weighted by atomic mass is 10.2. The van der Waals surface area contributed by atoms with Crippen LogP contribution in [0, 0.1) is 0 Å². The predicted molar refractivity (Wildman–Crippen MR) is 73.3 cm³/mol. The molecule has 1 rings (SSSR count). The zero-order valence-corrected chi connectivity index (χ0v) is 11.8. The van der Waals surface area contributed by atoms with E-state index in [4.69, 9.17) is 23.2 Å². The van der Waals surface area contributed by atoms with Crippen LogP contribution < -0.4 is 10.6 Å². The van der Waals surface area contributed by atoms with Gasteiger partial charge in [0.1, 0.15) is 6.54 Å². The normalized spacial score (nSPS) is 9.84. The van der Waals surface area contributed by atoms with Gasteiger partial charge in [-0.1, -0.05) is 29.3 Å². The summed E-state index contributed by atoms with van der Waals surface area (Å²) in [6, 6.07) is 4.60. The Labute approximate surface area is 121 Å². The van der Waals surface area contributed by atoms with Crippen LogP contribution in [0.15, 0.2) is 18.2 Å². The Morgan fingerprint density at radius 3 is 2.58 bits per heavy atom. The van der Waals surface area contributed by atoms with Gasteiger partial charge in [-0.25, -0.2) is 4.79 Å². The number of carbonyl (C=O) groups excluding carboxylic acids is 2. The van der Waals surface area contributed by atoms with Gasteiger partial charge in [0.05, 0.1) is 16.7 Å². The van der Waals surface area contributed by atoms with Crippen LogP contribution in [0.4, 0.5) is 4.79 Å². The molecule has 19 heavy (non-hydrogen) atoms. The minimum Gasteiger partial charge on any atom is -0.465 e. The van der Waals surface area contributed by atoms with Crippen LogP contribution in [-0.2, 0) is 16.1 Å². The van der Waals surface area contributed by atoms with Crippen LogP contribution in [0.5, 0.6) is 0 Å². The molecule has 0 heterocycles. The Morgan fingerprint density at radius 1 is 1.21 bits per heavy atom. The number of rotatable bonds is 5. The molecule has 5 nitrogen and oxygen atoms in total. The van der Waals surface area contributed by atoms with Crippen LogP contribution in [-0.4, -0.2) is 25.2 Å². The van der Waals surface area contributed by atoms with E-state index in [9.17, 15) is 9.59 Å². The molecule has 0 aliphatic rings. The maximum absolute atomic E-state index is 11.4. The van der Waals surface area contributed by atoms with Crippen molar-refractivity contribution < 1.29 is 14.3 Å². The van der Waals surface area contributed by atoms with E-state index in [0.717, 1.165) is 5.56 Å². The number of halogens is 2. The van der Waals surface area contributed by atoms with Gasteiger partial charge in [-0.3, -0.25) is 4.79 Å². The summed E-state index contributed by atoms with van der Waals surface area (Å²) in [7, 11) is 0. The van der Waals surface area contributed by atoms with Crippen molar-refractivity contribution in [2.75, 3.05) is 13.2 Å². The molecule has 0 atom stereocenters. The zero-order chi connectivity index (χ0) is 14.3. The monoisotopic (exact) mass is 304 g/mol. The maximum atomic E-state index is 11.4. The molecule has 2 amide bonds. The van der Waals surface area contributed by atoms with Crippen LogP contribution in [0.25, 0.3) is 0 Å². The summed E-state index contributed by atoms with van der Waals surface area (Å²) < 4.78 is 4.67. The smallest absolute Gasteiger partial charge is 0.325 e. The predicted octanol–water partition coefficient (Wildman–Crippen LogP) is 2.36. The van der Waals surface area contributed by atoms with E-state index < -0.39 is 12.0 Å². The number of carbonyl (C=O) groups is 2. The number of hydrogen-bond donors (Lipinski definition) is 2. The number of urea groups is 1. The third kappa shape index (κ3) is 5.81. The van der Waals surface area contributed by atoms with Gasteiger partial charge in [0, 0.05) is 6.54 Å². The van der Waals surface area contributed by atoms with Gasteiger partial charge >= 0.3 is 12.0 Å². The average molecular weight is 305 g/mol. The molecule has 7 heteroatoms. The number of hydrogen-bond acceptors (Lipinski definition) is 3. The summed E-state index contributed by atoms with van der Waals surface area (Å²) in [5, 5.41) is 5.84. The van der Waals surface area contributed by atoms with Gasteiger partial charge in [-0.15, -0.1) is 0 Å². The molecule has 0 unspecified atom stereocenters. The van der Waals surface area contributed by atoms with Gasteiger partial charge in [-0.2, -0.15) is 0 Å². The molecule has 0 aliphatic heterocycles. The van der Waals surface area contributed by atoms with E-state index in [1.54, 1.807) is 25.1 Å². The fourth-order valence-corrected chi connectivity index (χ4v) is 1.58. The third-order valence-electron chi connectivity index (χ3n) is 2.14. The molecule has 0 radical (unpaired) electrons. The minimum absolute atomic E-state index is 0.166. The summed E-state index contributed by atoms with van der Waals surface area (Å²) in [4.78, 5) is 22.4. The highest BCUT2D eigenvalue weighted by Gasteiger charge is 2.06. The van der Waals surface area contributed by atoms with Crippen LogP contribution in [0.1, 0.15) is 12.5 Å². The lowest BCUT2D eigenvalue weighted by Gasteiger charge is -2.08. The first-order valence-electron chi connectivity index (χ1n) is 5.64. The first-order valence-corrected chi connectivity index (χ1v) is 6.39. The average Bonchev–Trinajstić information content (AvgIpc) is 2.38. The number of esters is 1. The molecule has 0 spiro atoms. The topological polar surface area (TPSA) is 67.4 Å². The van der Waals surface area contributed by atoms with E-state index in [1.165, 1.54) is 0 Å². The number of amides is 2. The summed E-state index contributed by atoms with van der Waals surface area (Å²) in [6.07, 6.45) is 0. The standard InChI is InChI=1S/C12H14Cl2N2O3/c1-2-19-11(17)7-16-12(18)15-6-8-3-4-9(13)10(14)5-8/h3-5H,2,6-7H2,1H3,(H2,15,16,18). The molecule has 0 saturated heterocycles. The second kappa shape index (κ2) is 7.86. The second-order valence-electron chi connectivity index (χ2n) is 3.59. The van der Waals surface area contributed by atoms with Gasteiger partial charge < -0.3 is 15.4 Å². The van der Waals surface area contributed by atoms with E-state index in [0.29, 0.717) is 10.0 Å². The lowest BCUT2D eigenvalue weighted by molar-refractivity contribution is -0.141. The van der Waals surface area contributed by atoms with Crippen molar-refractivity contribution >= 4 is 35.2 Å². The minimum atomic E-state index is -0.479. The van der Waals surface area contributed by atoms with Crippen LogP contribution >= 0.6 is 23.2 Å². The fourth-order valence-electron chi connectivity index (χ4n) is 1.26. The van der Waals surface area contributed by atoms with Gasteiger partial charge in [0.25, 0.3) is 0 Å².